The van der Waals surface area contributed by atoms with Crippen molar-refractivity contribution >= 4 is 17.9 Å². The predicted molar refractivity (Wildman–Crippen MR) is 164 cm³/mol. The fourth-order valence-electron chi connectivity index (χ4n) is 5.24. The quantitative estimate of drug-likeness (QED) is 0.193. The molecule has 0 spiro atoms. The minimum Gasteiger partial charge on any atom is -0.338 e. The molecule has 1 atom stereocenters. The van der Waals surface area contributed by atoms with Gasteiger partial charge < -0.3 is 15.1 Å². The van der Waals surface area contributed by atoms with Crippen molar-refractivity contribution in [3.05, 3.63) is 113 Å². The van der Waals surface area contributed by atoms with Crippen LogP contribution >= 0.6 is 0 Å². The van der Waals surface area contributed by atoms with Crippen LogP contribution in [0.5, 0.6) is 0 Å². The molecule has 1 N–H and O–H groups in total. The molecule has 1 saturated heterocycles. The number of nitrogens with zero attached hydrogens (tertiary/aromatic N) is 2. The normalized spacial score (nSPS) is 14.6. The van der Waals surface area contributed by atoms with Gasteiger partial charge in [0.15, 0.2) is 0 Å². The molecule has 5 nitrogen and oxygen atoms in total. The largest absolute Gasteiger partial charge is 0.416 e. The summed E-state index contributed by atoms with van der Waals surface area (Å²) < 4.78 is 39.1. The Morgan fingerprint density at radius 1 is 0.884 bits per heavy atom. The molecule has 1 fully saturated rings. The topological polar surface area (TPSA) is 52.7 Å². The summed E-state index contributed by atoms with van der Waals surface area (Å²) >= 11 is 0. The van der Waals surface area contributed by atoms with Crippen LogP contribution in [0.3, 0.4) is 0 Å². The lowest BCUT2D eigenvalue weighted by molar-refractivity contribution is -0.144. The number of alkyl halides is 3. The molecule has 3 aromatic carbocycles. The summed E-state index contributed by atoms with van der Waals surface area (Å²) in [7, 11) is 0. The number of hydrogen-bond donors (Lipinski definition) is 1. The third kappa shape index (κ3) is 9.55. The molecule has 1 unspecified atom stereocenters. The fourth-order valence-corrected chi connectivity index (χ4v) is 5.24. The molecule has 0 radical (unpaired) electrons. The molecule has 2 amide bonds. The lowest BCUT2D eigenvalue weighted by Crippen LogP contribution is -2.55. The first-order valence-corrected chi connectivity index (χ1v) is 15.0. The highest BCUT2D eigenvalue weighted by atomic mass is 19.4. The van der Waals surface area contributed by atoms with Gasteiger partial charge in [0.2, 0.25) is 11.8 Å². The van der Waals surface area contributed by atoms with Gasteiger partial charge in [-0.25, -0.2) is 0 Å². The van der Waals surface area contributed by atoms with E-state index in [0.29, 0.717) is 38.2 Å². The Hall–Kier alpha value is -3.91. The van der Waals surface area contributed by atoms with E-state index in [1.165, 1.54) is 36.3 Å². The zero-order valence-corrected chi connectivity index (χ0v) is 24.7. The van der Waals surface area contributed by atoms with Crippen molar-refractivity contribution in [3.8, 4) is 0 Å². The van der Waals surface area contributed by atoms with Crippen molar-refractivity contribution in [2.24, 2.45) is 0 Å². The molecule has 1 aliphatic rings. The number of nitrogens with one attached hydrogen (secondary N) is 1. The van der Waals surface area contributed by atoms with Crippen LogP contribution in [0, 0.1) is 0 Å². The van der Waals surface area contributed by atoms with Gasteiger partial charge in [-0.15, -0.1) is 0 Å². The molecule has 0 aliphatic carbocycles. The summed E-state index contributed by atoms with van der Waals surface area (Å²) in [4.78, 5) is 31.3. The van der Waals surface area contributed by atoms with Crippen molar-refractivity contribution in [3.63, 3.8) is 0 Å². The number of carbonyl (C=O) groups excluding carboxylic acids is 2. The highest BCUT2D eigenvalue weighted by molar-refractivity contribution is 5.95. The van der Waals surface area contributed by atoms with Crippen molar-refractivity contribution in [1.82, 2.24) is 15.1 Å². The van der Waals surface area contributed by atoms with E-state index in [1.54, 1.807) is 9.80 Å². The van der Waals surface area contributed by atoms with E-state index in [9.17, 15) is 22.8 Å². The fraction of sp³-hybridized carbons (Fsp3) is 0.371. The van der Waals surface area contributed by atoms with Crippen LogP contribution in [0.4, 0.5) is 13.2 Å². The predicted octanol–water partition coefficient (Wildman–Crippen LogP) is 6.52. The van der Waals surface area contributed by atoms with E-state index < -0.39 is 17.8 Å². The van der Waals surface area contributed by atoms with E-state index in [4.69, 9.17) is 0 Å². The van der Waals surface area contributed by atoms with Gasteiger partial charge in [0.1, 0.15) is 6.04 Å². The van der Waals surface area contributed by atoms with E-state index in [1.807, 2.05) is 42.5 Å². The third-order valence-corrected chi connectivity index (χ3v) is 7.75. The summed E-state index contributed by atoms with van der Waals surface area (Å²) in [5.74, 6) is -0.492. The number of halogens is 3. The number of rotatable bonds is 12. The number of carbonyl (C=O) groups is 2. The molecular formula is C35H40F3N3O2. The van der Waals surface area contributed by atoms with Crippen LogP contribution in [0.2, 0.25) is 0 Å². The summed E-state index contributed by atoms with van der Waals surface area (Å²) in [6.07, 6.45) is 3.20. The van der Waals surface area contributed by atoms with Crippen LogP contribution in [0.25, 0.3) is 6.08 Å². The SMILES string of the molecule is CCCCCc1ccc(CN(C(=O)C=Cc2ccc(C(F)(F)F)cc2)C(Cc2ccccc2)C(=O)N2CCNCC2)cc1. The van der Waals surface area contributed by atoms with Crippen LogP contribution in [-0.2, 0) is 35.2 Å². The molecule has 0 saturated carbocycles. The molecule has 8 heteroatoms. The summed E-state index contributed by atoms with van der Waals surface area (Å²) in [6, 6.07) is 21.7. The van der Waals surface area contributed by atoms with E-state index in [2.05, 4.69) is 24.4 Å². The summed E-state index contributed by atoms with van der Waals surface area (Å²) in [5.41, 5.74) is 2.79. The van der Waals surface area contributed by atoms with Crippen molar-refractivity contribution in [2.45, 2.75) is 57.8 Å². The average Bonchev–Trinajstić information content (AvgIpc) is 3.03. The number of unbranched alkanes of at least 4 members (excludes halogenated alkanes) is 2. The number of benzene rings is 3. The van der Waals surface area contributed by atoms with Crippen LogP contribution in [-0.4, -0.2) is 53.8 Å². The first-order valence-electron chi connectivity index (χ1n) is 15.0. The molecule has 43 heavy (non-hydrogen) atoms. The van der Waals surface area contributed by atoms with E-state index >= 15 is 0 Å². The van der Waals surface area contributed by atoms with E-state index in [-0.39, 0.29) is 18.4 Å². The standard InChI is InChI=1S/C35H40F3N3O2/c1-2-3-5-8-27-11-13-30(14-12-27)26-41(33(42)20-17-28-15-18-31(19-16-28)35(36,37)38)32(25-29-9-6-4-7-10-29)34(43)40-23-21-39-22-24-40/h4,6-7,9-20,32,39H,2-3,5,8,21-26H2,1H3. The van der Waals surface area contributed by atoms with Gasteiger partial charge >= 0.3 is 6.18 Å². The first kappa shape index (κ1) is 32.0. The lowest BCUT2D eigenvalue weighted by Gasteiger charge is -2.36. The lowest BCUT2D eigenvalue weighted by atomic mass is 10.0. The molecule has 3 aromatic rings. The van der Waals surface area contributed by atoms with Gasteiger partial charge in [0, 0.05) is 45.2 Å². The van der Waals surface area contributed by atoms with Gasteiger partial charge in [-0.2, -0.15) is 13.2 Å². The molecule has 0 aromatic heterocycles. The highest BCUT2D eigenvalue weighted by Crippen LogP contribution is 2.29. The Morgan fingerprint density at radius 2 is 1.53 bits per heavy atom. The van der Waals surface area contributed by atoms with Gasteiger partial charge in [0.05, 0.1) is 5.56 Å². The maximum absolute atomic E-state index is 14.0. The van der Waals surface area contributed by atoms with E-state index in [0.717, 1.165) is 42.5 Å². The van der Waals surface area contributed by atoms with Crippen LogP contribution in [0.1, 0.15) is 54.0 Å². The molecular weight excluding hydrogens is 551 g/mol. The minimum absolute atomic E-state index is 0.113. The number of piperazine rings is 1. The Bertz CT molecular complexity index is 1330. The Balaban J connectivity index is 1.64. The van der Waals surface area contributed by atoms with Gasteiger partial charge in [0.25, 0.3) is 0 Å². The second-order valence-corrected chi connectivity index (χ2v) is 11.0. The first-order chi connectivity index (χ1) is 20.7. The van der Waals surface area contributed by atoms with Gasteiger partial charge in [-0.05, 0) is 53.3 Å². The average molecular weight is 592 g/mol. The van der Waals surface area contributed by atoms with Crippen molar-refractivity contribution < 1.29 is 22.8 Å². The Morgan fingerprint density at radius 3 is 2.16 bits per heavy atom. The van der Waals surface area contributed by atoms with Crippen molar-refractivity contribution in [1.29, 1.82) is 0 Å². The zero-order valence-electron chi connectivity index (χ0n) is 24.7. The highest BCUT2D eigenvalue weighted by Gasteiger charge is 2.33. The summed E-state index contributed by atoms with van der Waals surface area (Å²) in [5, 5.41) is 3.27. The third-order valence-electron chi connectivity index (χ3n) is 7.75. The van der Waals surface area contributed by atoms with Crippen molar-refractivity contribution in [2.75, 3.05) is 26.2 Å². The molecule has 1 aliphatic heterocycles. The smallest absolute Gasteiger partial charge is 0.338 e. The monoisotopic (exact) mass is 591 g/mol. The molecule has 4 rings (SSSR count). The molecule has 0 bridgehead atoms. The Labute approximate surface area is 252 Å². The molecule has 228 valence electrons. The second-order valence-electron chi connectivity index (χ2n) is 11.0. The molecule has 1 heterocycles. The van der Waals surface area contributed by atoms with Gasteiger partial charge in [-0.3, -0.25) is 9.59 Å². The number of aryl methyl sites for hydroxylation is 1. The number of amides is 2. The maximum atomic E-state index is 14.0. The zero-order chi connectivity index (χ0) is 30.7. The number of hydrogen-bond acceptors (Lipinski definition) is 3. The summed E-state index contributed by atoms with van der Waals surface area (Å²) in [6.45, 7) is 4.88. The van der Waals surface area contributed by atoms with Crippen LogP contribution < -0.4 is 5.32 Å². The van der Waals surface area contributed by atoms with Crippen LogP contribution in [0.15, 0.2) is 84.9 Å². The Kier molecular flexibility index (Phi) is 11.6. The maximum Gasteiger partial charge on any atom is 0.416 e. The minimum atomic E-state index is -4.44. The van der Waals surface area contributed by atoms with Gasteiger partial charge in [-0.1, -0.05) is 86.5 Å². The second kappa shape index (κ2) is 15.5.